The van der Waals surface area contributed by atoms with Crippen LogP contribution in [0.2, 0.25) is 0 Å². The van der Waals surface area contributed by atoms with Crippen LogP contribution in [-0.4, -0.2) is 19.1 Å². The van der Waals surface area contributed by atoms with Crippen molar-refractivity contribution in [2.75, 3.05) is 19.0 Å². The fraction of sp³-hybridized carbons (Fsp3) is 0.143. The van der Waals surface area contributed by atoms with Crippen LogP contribution in [0.5, 0.6) is 11.6 Å². The number of nitriles is 1. The highest BCUT2D eigenvalue weighted by molar-refractivity contribution is 5.50. The summed E-state index contributed by atoms with van der Waals surface area (Å²) in [4.78, 5) is 6.04. The number of ether oxygens (including phenoxy) is 1. The zero-order valence-electron chi connectivity index (χ0n) is 10.3. The summed E-state index contributed by atoms with van der Waals surface area (Å²) in [6, 6.07) is 13.1. The predicted molar refractivity (Wildman–Crippen MR) is 69.8 cm³/mol. The normalized spacial score (nSPS) is 9.61. The van der Waals surface area contributed by atoms with Crippen molar-refractivity contribution in [3.8, 4) is 17.7 Å². The Bertz CT molecular complexity index is 588. The fourth-order valence-corrected chi connectivity index (χ4v) is 1.49. The largest absolute Gasteiger partial charge is 0.438 e. The lowest BCUT2D eigenvalue weighted by Crippen LogP contribution is -2.08. The molecule has 1 aromatic heterocycles. The van der Waals surface area contributed by atoms with Gasteiger partial charge in [-0.15, -0.1) is 0 Å². The molecule has 0 aliphatic carbocycles. The molecule has 0 N–H and O–H groups in total. The molecule has 0 spiro atoms. The first-order chi connectivity index (χ1) is 8.70. The van der Waals surface area contributed by atoms with Crippen molar-refractivity contribution in [2.45, 2.75) is 0 Å². The van der Waals surface area contributed by atoms with E-state index < -0.39 is 0 Å². The van der Waals surface area contributed by atoms with Crippen molar-refractivity contribution in [2.24, 2.45) is 0 Å². The van der Waals surface area contributed by atoms with E-state index in [9.17, 15) is 0 Å². The summed E-state index contributed by atoms with van der Waals surface area (Å²) in [6.07, 6.45) is 1.60. The second-order valence-electron chi connectivity index (χ2n) is 3.96. The summed E-state index contributed by atoms with van der Waals surface area (Å²) in [5.41, 5.74) is 1.45. The quantitative estimate of drug-likeness (QED) is 0.826. The van der Waals surface area contributed by atoms with Crippen LogP contribution in [0.15, 0.2) is 42.6 Å². The topological polar surface area (TPSA) is 49.1 Å². The van der Waals surface area contributed by atoms with Gasteiger partial charge in [-0.25, -0.2) is 4.98 Å². The molecule has 4 nitrogen and oxygen atoms in total. The van der Waals surface area contributed by atoms with Crippen LogP contribution in [-0.2, 0) is 0 Å². The van der Waals surface area contributed by atoms with Gasteiger partial charge in [-0.2, -0.15) is 5.26 Å². The van der Waals surface area contributed by atoms with Gasteiger partial charge in [-0.3, -0.25) is 0 Å². The molecular weight excluding hydrogens is 226 g/mol. The average molecular weight is 239 g/mol. The Balaban J connectivity index is 2.29. The number of pyridine rings is 1. The van der Waals surface area contributed by atoms with Crippen LogP contribution in [0.1, 0.15) is 5.56 Å². The molecule has 0 saturated carbocycles. The molecule has 1 aromatic carbocycles. The van der Waals surface area contributed by atoms with Gasteiger partial charge >= 0.3 is 0 Å². The third kappa shape index (κ3) is 2.58. The molecule has 0 aliphatic heterocycles. The molecule has 0 fully saturated rings. The second kappa shape index (κ2) is 5.19. The lowest BCUT2D eigenvalue weighted by molar-refractivity contribution is 0.461. The smallest absolute Gasteiger partial charge is 0.237 e. The first-order valence-corrected chi connectivity index (χ1v) is 5.51. The Morgan fingerprint density at radius 3 is 2.78 bits per heavy atom. The Kier molecular flexibility index (Phi) is 3.44. The van der Waals surface area contributed by atoms with Gasteiger partial charge in [0.25, 0.3) is 0 Å². The van der Waals surface area contributed by atoms with E-state index in [0.717, 1.165) is 5.69 Å². The van der Waals surface area contributed by atoms with E-state index in [2.05, 4.69) is 11.1 Å². The lowest BCUT2D eigenvalue weighted by atomic mass is 10.3. The zero-order chi connectivity index (χ0) is 13.0. The molecule has 2 aromatic rings. The fourth-order valence-electron chi connectivity index (χ4n) is 1.49. The van der Waals surface area contributed by atoms with E-state index in [1.54, 1.807) is 18.3 Å². The summed E-state index contributed by atoms with van der Waals surface area (Å²) < 4.78 is 5.63. The van der Waals surface area contributed by atoms with Crippen LogP contribution in [0.4, 0.5) is 5.69 Å². The van der Waals surface area contributed by atoms with Gasteiger partial charge in [0.2, 0.25) is 5.88 Å². The van der Waals surface area contributed by atoms with Gasteiger partial charge < -0.3 is 9.64 Å². The minimum absolute atomic E-state index is 0.330. The number of anilines is 1. The molecule has 0 aliphatic rings. The van der Waals surface area contributed by atoms with E-state index in [1.165, 1.54) is 0 Å². The Labute approximate surface area is 106 Å². The number of aromatic nitrogens is 1. The van der Waals surface area contributed by atoms with Gasteiger partial charge in [-0.05, 0) is 24.3 Å². The van der Waals surface area contributed by atoms with Crippen LogP contribution in [0, 0.1) is 11.3 Å². The van der Waals surface area contributed by atoms with Crippen molar-refractivity contribution in [3.05, 3.63) is 48.2 Å². The van der Waals surface area contributed by atoms with Gasteiger partial charge in [0, 0.05) is 32.0 Å². The van der Waals surface area contributed by atoms with Crippen LogP contribution in [0.25, 0.3) is 0 Å². The van der Waals surface area contributed by atoms with Gasteiger partial charge in [-0.1, -0.05) is 6.07 Å². The lowest BCUT2D eigenvalue weighted by Gasteiger charge is -2.13. The van der Waals surface area contributed by atoms with Crippen molar-refractivity contribution in [3.63, 3.8) is 0 Å². The van der Waals surface area contributed by atoms with Crippen molar-refractivity contribution < 1.29 is 4.74 Å². The van der Waals surface area contributed by atoms with E-state index in [-0.39, 0.29) is 0 Å². The highest BCUT2D eigenvalue weighted by Gasteiger charge is 2.06. The molecule has 2 rings (SSSR count). The summed E-state index contributed by atoms with van der Waals surface area (Å²) in [7, 11) is 3.92. The summed E-state index contributed by atoms with van der Waals surface area (Å²) >= 11 is 0. The standard InChI is InChI=1S/C14H13N3O/c1-17(2)12-6-3-7-13(9-12)18-14-11(10-15)5-4-8-16-14/h3-9H,1-2H3. The van der Waals surface area contributed by atoms with Gasteiger partial charge in [0.1, 0.15) is 17.4 Å². The molecule has 1 heterocycles. The van der Waals surface area contributed by atoms with Crippen molar-refractivity contribution in [1.82, 2.24) is 4.98 Å². The Morgan fingerprint density at radius 1 is 1.22 bits per heavy atom. The highest BCUT2D eigenvalue weighted by Crippen LogP contribution is 2.25. The maximum atomic E-state index is 8.96. The number of rotatable bonds is 3. The molecule has 0 bridgehead atoms. The summed E-state index contributed by atoms with van der Waals surface area (Å²) in [6.45, 7) is 0. The average Bonchev–Trinajstić information content (AvgIpc) is 2.39. The zero-order valence-corrected chi connectivity index (χ0v) is 10.3. The van der Waals surface area contributed by atoms with E-state index >= 15 is 0 Å². The molecule has 90 valence electrons. The Morgan fingerprint density at radius 2 is 2.06 bits per heavy atom. The maximum Gasteiger partial charge on any atom is 0.237 e. The monoisotopic (exact) mass is 239 g/mol. The number of nitrogens with zero attached hydrogens (tertiary/aromatic N) is 3. The van der Waals surface area contributed by atoms with Crippen LogP contribution >= 0.6 is 0 Å². The first-order valence-electron chi connectivity index (χ1n) is 5.51. The maximum absolute atomic E-state index is 8.96. The third-order valence-corrected chi connectivity index (χ3v) is 2.44. The highest BCUT2D eigenvalue weighted by atomic mass is 16.5. The third-order valence-electron chi connectivity index (χ3n) is 2.44. The van der Waals surface area contributed by atoms with Gasteiger partial charge in [0.05, 0.1) is 0 Å². The molecule has 0 radical (unpaired) electrons. The minimum atomic E-state index is 0.330. The second-order valence-corrected chi connectivity index (χ2v) is 3.96. The summed E-state index contributed by atoms with van der Waals surface area (Å²) in [5, 5.41) is 8.96. The number of benzene rings is 1. The van der Waals surface area contributed by atoms with E-state index in [1.807, 2.05) is 43.3 Å². The molecule has 0 unspecified atom stereocenters. The van der Waals surface area contributed by atoms with Crippen LogP contribution in [0.3, 0.4) is 0 Å². The molecule has 0 atom stereocenters. The van der Waals surface area contributed by atoms with Gasteiger partial charge in [0.15, 0.2) is 0 Å². The summed E-state index contributed by atoms with van der Waals surface area (Å²) in [5.74, 6) is 0.993. The first kappa shape index (κ1) is 11.9. The molecule has 0 saturated heterocycles. The minimum Gasteiger partial charge on any atom is -0.438 e. The van der Waals surface area contributed by atoms with E-state index in [4.69, 9.17) is 10.00 Å². The Hall–Kier alpha value is -2.54. The SMILES string of the molecule is CN(C)c1cccc(Oc2ncccc2C#N)c1. The molecular formula is C14H13N3O. The predicted octanol–water partition coefficient (Wildman–Crippen LogP) is 2.81. The number of hydrogen-bond donors (Lipinski definition) is 0. The molecule has 18 heavy (non-hydrogen) atoms. The van der Waals surface area contributed by atoms with Crippen molar-refractivity contribution in [1.29, 1.82) is 5.26 Å². The van der Waals surface area contributed by atoms with Crippen LogP contribution < -0.4 is 9.64 Å². The van der Waals surface area contributed by atoms with E-state index in [0.29, 0.717) is 17.2 Å². The van der Waals surface area contributed by atoms with Crippen molar-refractivity contribution >= 4 is 5.69 Å². The number of hydrogen-bond acceptors (Lipinski definition) is 4. The molecule has 0 amide bonds. The molecule has 4 heteroatoms.